The normalized spacial score (nSPS) is 10.9. The Morgan fingerprint density at radius 3 is 2.75 bits per heavy atom. The Bertz CT molecular complexity index is 759. The van der Waals surface area contributed by atoms with Crippen LogP contribution in [0.3, 0.4) is 0 Å². The quantitative estimate of drug-likeness (QED) is 0.185. The first-order valence-electron chi connectivity index (χ1n) is 9.46. The molecule has 0 atom stereocenters. The van der Waals surface area contributed by atoms with E-state index in [4.69, 9.17) is 0 Å². The molecule has 0 fully saturated rings. The maximum Gasteiger partial charge on any atom is 0.251 e. The lowest BCUT2D eigenvalue weighted by Crippen LogP contribution is -2.38. The molecule has 7 nitrogen and oxygen atoms in total. The second-order valence-electron chi connectivity index (χ2n) is 6.34. The summed E-state index contributed by atoms with van der Waals surface area (Å²) in [4.78, 5) is 16.4. The van der Waals surface area contributed by atoms with Gasteiger partial charge in [-0.25, -0.2) is 0 Å². The number of halogens is 1. The highest BCUT2D eigenvalue weighted by Gasteiger charge is 2.04. The number of rotatable bonds is 9. The zero-order valence-electron chi connectivity index (χ0n) is 16.8. The minimum absolute atomic E-state index is 0. The summed E-state index contributed by atoms with van der Waals surface area (Å²) in [6.07, 6.45) is 4.65. The van der Waals surface area contributed by atoms with Crippen molar-refractivity contribution in [3.8, 4) is 0 Å². The highest BCUT2D eigenvalue weighted by Crippen LogP contribution is 2.06. The molecule has 28 heavy (non-hydrogen) atoms. The number of amides is 1. The largest absolute Gasteiger partial charge is 0.357 e. The summed E-state index contributed by atoms with van der Waals surface area (Å²) in [5.41, 5.74) is 4.18. The van der Waals surface area contributed by atoms with Crippen LogP contribution in [-0.4, -0.2) is 48.7 Å². The summed E-state index contributed by atoms with van der Waals surface area (Å²) < 4.78 is 0. The smallest absolute Gasteiger partial charge is 0.251 e. The Balaban J connectivity index is 0.00000392. The molecule has 0 saturated carbocycles. The Hall–Kier alpha value is -2.10. The molecular formula is C20H31IN6O. The minimum atomic E-state index is -0.0624. The summed E-state index contributed by atoms with van der Waals surface area (Å²) in [6, 6.07) is 7.70. The van der Waals surface area contributed by atoms with Gasteiger partial charge in [-0.15, -0.1) is 24.0 Å². The molecule has 154 valence electrons. The van der Waals surface area contributed by atoms with Crippen molar-refractivity contribution in [2.75, 3.05) is 26.7 Å². The maximum atomic E-state index is 11.7. The average molecular weight is 498 g/mol. The van der Waals surface area contributed by atoms with Gasteiger partial charge in [-0.3, -0.25) is 14.9 Å². The predicted molar refractivity (Wildman–Crippen MR) is 125 cm³/mol. The number of carbonyl (C=O) groups excluding carboxylic acids is 1. The van der Waals surface area contributed by atoms with E-state index in [1.165, 1.54) is 5.56 Å². The van der Waals surface area contributed by atoms with Gasteiger partial charge in [-0.05, 0) is 56.4 Å². The van der Waals surface area contributed by atoms with Crippen molar-refractivity contribution in [1.29, 1.82) is 0 Å². The first kappa shape index (κ1) is 23.9. The third-order valence-corrected chi connectivity index (χ3v) is 4.28. The van der Waals surface area contributed by atoms with Gasteiger partial charge in [-0.1, -0.05) is 12.1 Å². The monoisotopic (exact) mass is 498 g/mol. The third-order valence-electron chi connectivity index (χ3n) is 4.28. The molecular weight excluding hydrogens is 467 g/mol. The second kappa shape index (κ2) is 13.1. The summed E-state index contributed by atoms with van der Waals surface area (Å²) >= 11 is 0. The van der Waals surface area contributed by atoms with Gasteiger partial charge < -0.3 is 16.0 Å². The van der Waals surface area contributed by atoms with Crippen LogP contribution in [0.4, 0.5) is 0 Å². The molecule has 0 aliphatic carbocycles. The van der Waals surface area contributed by atoms with Crippen LogP contribution in [0.25, 0.3) is 0 Å². The van der Waals surface area contributed by atoms with Gasteiger partial charge in [0.25, 0.3) is 5.91 Å². The molecule has 2 aromatic rings. The molecule has 4 N–H and O–H groups in total. The number of aryl methyl sites for hydroxylation is 2. The standard InChI is InChI=1S/C20H30N6O.HI/c1-4-22-20(23-11-6-9-18-14-25-26-15(18)2)24-12-10-16-7-5-8-17(13-16)19(27)21-3;/h5,7-8,13-14H,4,6,9-12H2,1-3H3,(H,21,27)(H,25,26)(H2,22,23,24);1H. The highest BCUT2D eigenvalue weighted by molar-refractivity contribution is 14.0. The number of nitrogens with zero attached hydrogens (tertiary/aromatic N) is 2. The van der Waals surface area contributed by atoms with E-state index in [0.29, 0.717) is 5.56 Å². The van der Waals surface area contributed by atoms with Crippen molar-refractivity contribution < 1.29 is 4.79 Å². The van der Waals surface area contributed by atoms with Crippen molar-refractivity contribution in [2.45, 2.75) is 33.1 Å². The molecule has 0 bridgehead atoms. The topological polar surface area (TPSA) is 94.2 Å². The molecule has 8 heteroatoms. The van der Waals surface area contributed by atoms with Crippen molar-refractivity contribution in [1.82, 2.24) is 26.1 Å². The van der Waals surface area contributed by atoms with Crippen LogP contribution in [0, 0.1) is 6.92 Å². The van der Waals surface area contributed by atoms with Gasteiger partial charge in [0.05, 0.1) is 6.20 Å². The van der Waals surface area contributed by atoms with E-state index < -0.39 is 0 Å². The zero-order valence-corrected chi connectivity index (χ0v) is 19.2. The van der Waals surface area contributed by atoms with Crippen LogP contribution < -0.4 is 16.0 Å². The molecule has 0 aliphatic rings. The van der Waals surface area contributed by atoms with Gasteiger partial charge in [0.2, 0.25) is 0 Å². The lowest BCUT2D eigenvalue weighted by Gasteiger charge is -2.11. The third kappa shape index (κ3) is 7.87. The first-order chi connectivity index (χ1) is 13.1. The molecule has 1 amide bonds. The lowest BCUT2D eigenvalue weighted by molar-refractivity contribution is 0.0963. The Labute approximate surface area is 184 Å². The van der Waals surface area contributed by atoms with E-state index in [0.717, 1.165) is 56.1 Å². The zero-order chi connectivity index (χ0) is 19.5. The number of nitrogens with one attached hydrogen (secondary N) is 4. The number of aromatic nitrogens is 2. The SMILES string of the molecule is CCNC(=NCCCc1cn[nH]c1C)NCCc1cccc(C(=O)NC)c1.I. The maximum absolute atomic E-state index is 11.7. The number of guanidine groups is 1. The van der Waals surface area contributed by atoms with Crippen molar-refractivity contribution in [2.24, 2.45) is 4.99 Å². The summed E-state index contributed by atoms with van der Waals surface area (Å²) in [6.45, 7) is 6.42. The Morgan fingerprint density at radius 2 is 2.07 bits per heavy atom. The first-order valence-corrected chi connectivity index (χ1v) is 9.46. The van der Waals surface area contributed by atoms with Crippen molar-refractivity contribution in [3.05, 3.63) is 52.8 Å². The van der Waals surface area contributed by atoms with Crippen LogP contribution in [0.1, 0.15) is 40.5 Å². The fourth-order valence-corrected chi connectivity index (χ4v) is 2.77. The fourth-order valence-electron chi connectivity index (χ4n) is 2.77. The van der Waals surface area contributed by atoms with Gasteiger partial charge in [0.15, 0.2) is 5.96 Å². The molecule has 1 aromatic heterocycles. The second-order valence-corrected chi connectivity index (χ2v) is 6.34. The molecule has 0 spiro atoms. The predicted octanol–water partition coefficient (Wildman–Crippen LogP) is 2.43. The number of benzene rings is 1. The van der Waals surface area contributed by atoms with Gasteiger partial charge in [0.1, 0.15) is 0 Å². The van der Waals surface area contributed by atoms with E-state index in [2.05, 4.69) is 38.1 Å². The van der Waals surface area contributed by atoms with Gasteiger partial charge >= 0.3 is 0 Å². The average Bonchev–Trinajstić information content (AvgIpc) is 3.09. The molecule has 0 aliphatic heterocycles. The van der Waals surface area contributed by atoms with Crippen LogP contribution in [0.15, 0.2) is 35.5 Å². The molecule has 1 aromatic carbocycles. The number of hydrogen-bond acceptors (Lipinski definition) is 3. The van der Waals surface area contributed by atoms with Gasteiger partial charge in [0, 0.05) is 37.9 Å². The van der Waals surface area contributed by atoms with Crippen LogP contribution >= 0.6 is 24.0 Å². The van der Waals surface area contributed by atoms with E-state index in [9.17, 15) is 4.79 Å². The fraction of sp³-hybridized carbons (Fsp3) is 0.450. The summed E-state index contributed by atoms with van der Waals surface area (Å²) in [7, 11) is 1.64. The van der Waals surface area contributed by atoms with E-state index in [-0.39, 0.29) is 29.9 Å². The van der Waals surface area contributed by atoms with Gasteiger partial charge in [-0.2, -0.15) is 5.10 Å². The van der Waals surface area contributed by atoms with Crippen molar-refractivity contribution in [3.63, 3.8) is 0 Å². The molecule has 1 heterocycles. The van der Waals surface area contributed by atoms with Crippen molar-refractivity contribution >= 4 is 35.8 Å². The molecule has 0 radical (unpaired) electrons. The van der Waals surface area contributed by atoms with Crippen LogP contribution in [0.2, 0.25) is 0 Å². The molecule has 0 unspecified atom stereocenters. The summed E-state index contributed by atoms with van der Waals surface area (Å²) in [5, 5.41) is 16.3. The van der Waals surface area contributed by atoms with Crippen LogP contribution in [-0.2, 0) is 12.8 Å². The summed E-state index contributed by atoms with van der Waals surface area (Å²) in [5.74, 6) is 0.761. The van der Waals surface area contributed by atoms with E-state index in [1.54, 1.807) is 7.05 Å². The van der Waals surface area contributed by atoms with E-state index >= 15 is 0 Å². The Morgan fingerprint density at radius 1 is 1.25 bits per heavy atom. The lowest BCUT2D eigenvalue weighted by atomic mass is 10.1. The van der Waals surface area contributed by atoms with E-state index in [1.807, 2.05) is 37.4 Å². The number of H-pyrrole nitrogens is 1. The number of aliphatic imine (C=N–C) groups is 1. The minimum Gasteiger partial charge on any atom is -0.357 e. The highest BCUT2D eigenvalue weighted by atomic mass is 127. The molecule has 2 rings (SSSR count). The number of aromatic amines is 1. The number of hydrogen-bond donors (Lipinski definition) is 4. The molecule has 0 saturated heterocycles. The van der Waals surface area contributed by atoms with Crippen LogP contribution in [0.5, 0.6) is 0 Å². The number of carbonyl (C=O) groups is 1. The Kier molecular flexibility index (Phi) is 11.2.